The van der Waals surface area contributed by atoms with Gasteiger partial charge in [0.05, 0.1) is 24.4 Å². The van der Waals surface area contributed by atoms with Crippen molar-refractivity contribution < 1.29 is 19.4 Å². The number of hydrogen-bond donors (Lipinski definition) is 2. The monoisotopic (exact) mass is 370 g/mol. The molecular weight excluding hydrogens is 344 g/mol. The summed E-state index contributed by atoms with van der Waals surface area (Å²) >= 11 is 0. The van der Waals surface area contributed by atoms with Gasteiger partial charge in [0.15, 0.2) is 0 Å². The highest BCUT2D eigenvalue weighted by atomic mass is 16.5. The van der Waals surface area contributed by atoms with Crippen molar-refractivity contribution >= 4 is 5.91 Å². The molecule has 1 saturated carbocycles. The minimum absolute atomic E-state index is 0.0563. The molecule has 1 aromatic heterocycles. The number of pyridine rings is 1. The number of benzene rings is 1. The van der Waals surface area contributed by atoms with Crippen molar-refractivity contribution in [2.75, 3.05) is 13.2 Å². The summed E-state index contributed by atoms with van der Waals surface area (Å²) in [6, 6.07) is 10.6. The van der Waals surface area contributed by atoms with E-state index in [-0.39, 0.29) is 18.6 Å². The van der Waals surface area contributed by atoms with Crippen LogP contribution in [0.5, 0.6) is 11.6 Å². The van der Waals surface area contributed by atoms with E-state index in [1.807, 2.05) is 26.0 Å². The van der Waals surface area contributed by atoms with Gasteiger partial charge in [-0.1, -0.05) is 12.1 Å². The van der Waals surface area contributed by atoms with Crippen molar-refractivity contribution in [3.8, 4) is 11.6 Å². The van der Waals surface area contributed by atoms with Gasteiger partial charge in [-0.2, -0.15) is 0 Å². The first kappa shape index (κ1) is 19.2. The number of amides is 1. The highest BCUT2D eigenvalue weighted by Crippen LogP contribution is 2.29. The topological polar surface area (TPSA) is 80.7 Å². The number of rotatable bonds is 9. The lowest BCUT2D eigenvalue weighted by atomic mass is 10.1. The summed E-state index contributed by atoms with van der Waals surface area (Å²) in [7, 11) is 0. The maximum atomic E-state index is 12.3. The Balaban J connectivity index is 1.50. The molecule has 1 aromatic carbocycles. The normalized spacial score (nSPS) is 14.7. The van der Waals surface area contributed by atoms with Crippen LogP contribution in [0.2, 0.25) is 0 Å². The van der Waals surface area contributed by atoms with Gasteiger partial charge in [0.25, 0.3) is 5.91 Å². The molecule has 2 aromatic rings. The molecule has 0 saturated heterocycles. The van der Waals surface area contributed by atoms with Crippen LogP contribution in [0.25, 0.3) is 0 Å². The molecule has 27 heavy (non-hydrogen) atoms. The average Bonchev–Trinajstić information content (AvgIpc) is 3.49. The van der Waals surface area contributed by atoms with E-state index < -0.39 is 6.10 Å². The Morgan fingerprint density at radius 3 is 2.78 bits per heavy atom. The largest absolute Gasteiger partial charge is 0.491 e. The Morgan fingerprint density at radius 2 is 2.11 bits per heavy atom. The summed E-state index contributed by atoms with van der Waals surface area (Å²) in [5, 5.41) is 13.1. The summed E-state index contributed by atoms with van der Waals surface area (Å²) in [6.07, 6.45) is 3.16. The van der Waals surface area contributed by atoms with E-state index in [0.29, 0.717) is 35.3 Å². The van der Waals surface area contributed by atoms with Crippen molar-refractivity contribution in [2.45, 2.75) is 38.9 Å². The Bertz CT molecular complexity index is 757. The fourth-order valence-corrected chi connectivity index (χ4v) is 2.56. The van der Waals surface area contributed by atoms with Gasteiger partial charge in [0, 0.05) is 18.8 Å². The first-order valence-electron chi connectivity index (χ1n) is 9.33. The first-order chi connectivity index (χ1) is 13.0. The van der Waals surface area contributed by atoms with Gasteiger partial charge in [-0.3, -0.25) is 4.79 Å². The quantitative estimate of drug-likeness (QED) is 0.709. The van der Waals surface area contributed by atoms with E-state index in [1.165, 1.54) is 19.0 Å². The standard InChI is InChI=1S/C21H26N2O4/c1-14(2)27-18-5-3-4-16(10-18)19(24)12-23-21(25)17-8-9-20(22-11-17)26-13-15-6-7-15/h3-5,8-11,14-15,19,24H,6-7,12-13H2,1-2H3,(H,23,25). The third-order valence-electron chi connectivity index (χ3n) is 4.23. The van der Waals surface area contributed by atoms with Crippen LogP contribution in [0, 0.1) is 5.92 Å². The van der Waals surface area contributed by atoms with Gasteiger partial charge < -0.3 is 19.9 Å². The second-order valence-electron chi connectivity index (χ2n) is 7.10. The lowest BCUT2D eigenvalue weighted by Gasteiger charge is -2.15. The number of nitrogens with one attached hydrogen (secondary N) is 1. The molecule has 6 heteroatoms. The smallest absolute Gasteiger partial charge is 0.252 e. The van der Waals surface area contributed by atoms with Crippen LogP contribution in [-0.2, 0) is 0 Å². The number of ether oxygens (including phenoxy) is 2. The summed E-state index contributed by atoms with van der Waals surface area (Å²) in [6.45, 7) is 4.67. The lowest BCUT2D eigenvalue weighted by molar-refractivity contribution is 0.0915. The van der Waals surface area contributed by atoms with Crippen LogP contribution < -0.4 is 14.8 Å². The number of hydrogen-bond acceptors (Lipinski definition) is 5. The molecule has 0 aliphatic heterocycles. The average molecular weight is 370 g/mol. The molecule has 0 bridgehead atoms. The Kier molecular flexibility index (Phi) is 6.29. The van der Waals surface area contributed by atoms with Crippen LogP contribution in [0.3, 0.4) is 0 Å². The minimum atomic E-state index is -0.821. The van der Waals surface area contributed by atoms with Crippen LogP contribution in [-0.4, -0.2) is 35.3 Å². The fraction of sp³-hybridized carbons (Fsp3) is 0.429. The summed E-state index contributed by atoms with van der Waals surface area (Å²) < 4.78 is 11.2. The molecule has 1 unspecified atom stereocenters. The summed E-state index contributed by atoms with van der Waals surface area (Å²) in [5.74, 6) is 1.59. The molecule has 1 heterocycles. The molecule has 1 aliphatic rings. The van der Waals surface area contributed by atoms with Crippen molar-refractivity contribution in [1.29, 1.82) is 0 Å². The molecule has 1 amide bonds. The van der Waals surface area contributed by atoms with Gasteiger partial charge in [-0.05, 0) is 56.4 Å². The molecule has 1 fully saturated rings. The highest BCUT2D eigenvalue weighted by molar-refractivity contribution is 5.93. The van der Waals surface area contributed by atoms with Crippen LogP contribution >= 0.6 is 0 Å². The van der Waals surface area contributed by atoms with Crippen LogP contribution in [0.4, 0.5) is 0 Å². The van der Waals surface area contributed by atoms with Gasteiger partial charge >= 0.3 is 0 Å². The van der Waals surface area contributed by atoms with Crippen LogP contribution in [0.1, 0.15) is 48.7 Å². The summed E-state index contributed by atoms with van der Waals surface area (Å²) in [4.78, 5) is 16.4. The van der Waals surface area contributed by atoms with E-state index in [2.05, 4.69) is 10.3 Å². The second kappa shape index (κ2) is 8.86. The van der Waals surface area contributed by atoms with E-state index in [0.717, 1.165) is 0 Å². The SMILES string of the molecule is CC(C)Oc1cccc(C(O)CNC(=O)c2ccc(OCC3CC3)nc2)c1. The summed E-state index contributed by atoms with van der Waals surface area (Å²) in [5.41, 5.74) is 1.12. The first-order valence-corrected chi connectivity index (χ1v) is 9.33. The van der Waals surface area contributed by atoms with Crippen molar-refractivity contribution in [1.82, 2.24) is 10.3 Å². The van der Waals surface area contributed by atoms with Gasteiger partial charge in [0.1, 0.15) is 5.75 Å². The minimum Gasteiger partial charge on any atom is -0.491 e. The number of carbonyl (C=O) groups excluding carboxylic acids is 1. The Hall–Kier alpha value is -2.60. The number of carbonyl (C=O) groups is 1. The molecular formula is C21H26N2O4. The molecule has 0 spiro atoms. The van der Waals surface area contributed by atoms with Crippen molar-refractivity contribution in [3.63, 3.8) is 0 Å². The molecule has 0 radical (unpaired) electrons. The van der Waals surface area contributed by atoms with Crippen molar-refractivity contribution in [3.05, 3.63) is 53.7 Å². The molecule has 6 nitrogen and oxygen atoms in total. The third kappa shape index (κ3) is 5.96. The van der Waals surface area contributed by atoms with E-state index >= 15 is 0 Å². The number of aromatic nitrogens is 1. The number of aliphatic hydroxyl groups is 1. The maximum Gasteiger partial charge on any atom is 0.252 e. The number of nitrogens with zero attached hydrogens (tertiary/aromatic N) is 1. The van der Waals surface area contributed by atoms with Gasteiger partial charge in [0.2, 0.25) is 5.88 Å². The lowest BCUT2D eigenvalue weighted by Crippen LogP contribution is -2.28. The van der Waals surface area contributed by atoms with E-state index in [4.69, 9.17) is 9.47 Å². The highest BCUT2D eigenvalue weighted by Gasteiger charge is 2.22. The molecule has 3 rings (SSSR count). The maximum absolute atomic E-state index is 12.3. The van der Waals surface area contributed by atoms with Gasteiger partial charge in [-0.25, -0.2) is 4.98 Å². The zero-order valence-corrected chi connectivity index (χ0v) is 15.7. The van der Waals surface area contributed by atoms with E-state index in [9.17, 15) is 9.90 Å². The third-order valence-corrected chi connectivity index (χ3v) is 4.23. The van der Waals surface area contributed by atoms with Gasteiger partial charge in [-0.15, -0.1) is 0 Å². The predicted octanol–water partition coefficient (Wildman–Crippen LogP) is 3.12. The molecule has 1 aliphatic carbocycles. The Labute approximate surface area is 159 Å². The predicted molar refractivity (Wildman–Crippen MR) is 102 cm³/mol. The van der Waals surface area contributed by atoms with E-state index in [1.54, 1.807) is 24.3 Å². The zero-order chi connectivity index (χ0) is 19.2. The fourth-order valence-electron chi connectivity index (χ4n) is 2.56. The van der Waals surface area contributed by atoms with Crippen LogP contribution in [0.15, 0.2) is 42.6 Å². The molecule has 2 N–H and O–H groups in total. The molecule has 144 valence electrons. The van der Waals surface area contributed by atoms with Crippen molar-refractivity contribution in [2.24, 2.45) is 5.92 Å². The Morgan fingerprint density at radius 1 is 1.30 bits per heavy atom. The second-order valence-corrected chi connectivity index (χ2v) is 7.10. The number of aliphatic hydroxyl groups excluding tert-OH is 1. The zero-order valence-electron chi connectivity index (χ0n) is 15.7. The molecule has 1 atom stereocenters.